The van der Waals surface area contributed by atoms with Gasteiger partial charge in [0.25, 0.3) is 5.91 Å². The Morgan fingerprint density at radius 3 is 2.61 bits per heavy atom. The molecule has 10 heteroatoms. The summed E-state index contributed by atoms with van der Waals surface area (Å²) in [5, 5.41) is 11.2. The summed E-state index contributed by atoms with van der Waals surface area (Å²) in [6, 6.07) is 11.1. The van der Waals surface area contributed by atoms with Gasteiger partial charge in [-0.3, -0.25) is 9.59 Å². The predicted molar refractivity (Wildman–Crippen MR) is 102 cm³/mol. The number of aromatic nitrogens is 5. The lowest BCUT2D eigenvalue weighted by atomic mass is 10.3. The van der Waals surface area contributed by atoms with Crippen LogP contribution in [0.5, 0.6) is 0 Å². The summed E-state index contributed by atoms with van der Waals surface area (Å²) in [6.45, 7) is 1.71. The van der Waals surface area contributed by atoms with Gasteiger partial charge in [0.15, 0.2) is 10.9 Å². The molecule has 2 heterocycles. The molecule has 144 valence electrons. The van der Waals surface area contributed by atoms with Crippen LogP contribution in [-0.2, 0) is 15.3 Å². The van der Waals surface area contributed by atoms with E-state index in [2.05, 4.69) is 25.6 Å². The molecule has 0 aliphatic carbocycles. The molecular weight excluding hydrogens is 380 g/mol. The van der Waals surface area contributed by atoms with Crippen molar-refractivity contribution in [2.45, 2.75) is 17.8 Å². The van der Waals surface area contributed by atoms with Gasteiger partial charge in [0.2, 0.25) is 0 Å². The van der Waals surface area contributed by atoms with Gasteiger partial charge < -0.3 is 10.1 Å². The molecule has 0 bridgehead atoms. The first-order valence-electron chi connectivity index (χ1n) is 8.52. The number of esters is 1. The SMILES string of the molecule is CCOC(=O)CNC(=O)c1nnn(-c2ccccc2)c1CSc1ncccn1. The van der Waals surface area contributed by atoms with Crippen LogP contribution in [0.15, 0.2) is 53.9 Å². The van der Waals surface area contributed by atoms with Crippen molar-refractivity contribution in [1.82, 2.24) is 30.3 Å². The number of rotatable bonds is 8. The molecule has 0 fully saturated rings. The maximum atomic E-state index is 12.6. The van der Waals surface area contributed by atoms with Crippen LogP contribution in [0.3, 0.4) is 0 Å². The van der Waals surface area contributed by atoms with Gasteiger partial charge in [-0.15, -0.1) is 5.10 Å². The number of carbonyl (C=O) groups is 2. The summed E-state index contributed by atoms with van der Waals surface area (Å²) in [4.78, 5) is 32.4. The Balaban J connectivity index is 1.83. The first kappa shape index (κ1) is 19.5. The molecule has 0 saturated carbocycles. The lowest BCUT2D eigenvalue weighted by Gasteiger charge is -2.08. The van der Waals surface area contributed by atoms with Crippen molar-refractivity contribution in [2.24, 2.45) is 0 Å². The fourth-order valence-corrected chi connectivity index (χ4v) is 3.12. The van der Waals surface area contributed by atoms with Crippen LogP contribution in [0.1, 0.15) is 23.1 Å². The summed E-state index contributed by atoms with van der Waals surface area (Å²) in [7, 11) is 0. The van der Waals surface area contributed by atoms with Crippen LogP contribution < -0.4 is 5.32 Å². The standard InChI is InChI=1S/C18H18N6O3S/c1-2-27-15(25)11-21-17(26)16-14(12-28-18-19-9-6-10-20-18)24(23-22-16)13-7-4-3-5-8-13/h3-10H,2,11-12H2,1H3,(H,21,26). The van der Waals surface area contributed by atoms with Crippen LogP contribution in [0, 0.1) is 0 Å². The number of benzene rings is 1. The third-order valence-electron chi connectivity index (χ3n) is 3.56. The van der Waals surface area contributed by atoms with Crippen LogP contribution in [0.4, 0.5) is 0 Å². The van der Waals surface area contributed by atoms with Gasteiger partial charge in [0.05, 0.1) is 18.0 Å². The van der Waals surface area contributed by atoms with Gasteiger partial charge in [-0.25, -0.2) is 14.6 Å². The fraction of sp³-hybridized carbons (Fsp3) is 0.222. The minimum atomic E-state index is -0.514. The average molecular weight is 398 g/mol. The molecule has 1 N–H and O–H groups in total. The molecule has 0 saturated heterocycles. The van der Waals surface area contributed by atoms with Crippen molar-refractivity contribution in [3.63, 3.8) is 0 Å². The monoisotopic (exact) mass is 398 g/mol. The first-order chi connectivity index (χ1) is 13.7. The number of carbonyl (C=O) groups excluding carboxylic acids is 2. The van der Waals surface area contributed by atoms with Gasteiger partial charge in [0.1, 0.15) is 6.54 Å². The Hall–Kier alpha value is -3.27. The summed E-state index contributed by atoms with van der Waals surface area (Å²) < 4.78 is 6.42. The van der Waals surface area contributed by atoms with E-state index in [9.17, 15) is 9.59 Å². The molecule has 2 aromatic heterocycles. The molecule has 1 aromatic carbocycles. The Bertz CT molecular complexity index is 933. The molecule has 0 unspecified atom stereocenters. The largest absolute Gasteiger partial charge is 0.465 e. The van der Waals surface area contributed by atoms with E-state index < -0.39 is 11.9 Å². The van der Waals surface area contributed by atoms with E-state index in [1.807, 2.05) is 30.3 Å². The van der Waals surface area contributed by atoms with Crippen molar-refractivity contribution < 1.29 is 14.3 Å². The number of hydrogen-bond acceptors (Lipinski definition) is 8. The van der Waals surface area contributed by atoms with Gasteiger partial charge >= 0.3 is 5.97 Å². The fourth-order valence-electron chi connectivity index (χ4n) is 2.33. The van der Waals surface area contributed by atoms with Crippen molar-refractivity contribution in [3.05, 3.63) is 60.2 Å². The van der Waals surface area contributed by atoms with Crippen LogP contribution in [-0.4, -0.2) is 50.0 Å². The number of nitrogens with one attached hydrogen (secondary N) is 1. The smallest absolute Gasteiger partial charge is 0.325 e. The van der Waals surface area contributed by atoms with Gasteiger partial charge in [-0.05, 0) is 25.1 Å². The minimum absolute atomic E-state index is 0.136. The Morgan fingerprint density at radius 2 is 1.89 bits per heavy atom. The highest BCUT2D eigenvalue weighted by Gasteiger charge is 2.21. The molecule has 0 radical (unpaired) electrons. The number of nitrogens with zero attached hydrogens (tertiary/aromatic N) is 5. The Morgan fingerprint density at radius 1 is 1.14 bits per heavy atom. The first-order valence-corrected chi connectivity index (χ1v) is 9.51. The summed E-state index contributed by atoms with van der Waals surface area (Å²) in [6.07, 6.45) is 3.30. The number of thioether (sulfide) groups is 1. The third-order valence-corrected chi connectivity index (χ3v) is 4.44. The topological polar surface area (TPSA) is 112 Å². The zero-order valence-corrected chi connectivity index (χ0v) is 15.9. The molecule has 3 aromatic rings. The number of hydrogen-bond donors (Lipinski definition) is 1. The van der Waals surface area contributed by atoms with Crippen LogP contribution >= 0.6 is 11.8 Å². The van der Waals surface area contributed by atoms with Crippen LogP contribution in [0.25, 0.3) is 5.69 Å². The summed E-state index contributed by atoms with van der Waals surface area (Å²) in [5.41, 5.74) is 1.48. The van der Waals surface area contributed by atoms with Crippen molar-refractivity contribution in [1.29, 1.82) is 0 Å². The lowest BCUT2D eigenvalue weighted by molar-refractivity contribution is -0.141. The normalized spacial score (nSPS) is 10.5. The number of amides is 1. The van der Waals surface area contributed by atoms with Gasteiger partial charge in [0, 0.05) is 18.1 Å². The van der Waals surface area contributed by atoms with E-state index in [4.69, 9.17) is 4.74 Å². The van der Waals surface area contributed by atoms with E-state index in [0.29, 0.717) is 16.6 Å². The molecule has 0 atom stereocenters. The van der Waals surface area contributed by atoms with Crippen molar-refractivity contribution in [2.75, 3.05) is 13.2 Å². The molecule has 9 nitrogen and oxygen atoms in total. The zero-order valence-electron chi connectivity index (χ0n) is 15.1. The van der Waals surface area contributed by atoms with E-state index >= 15 is 0 Å². The average Bonchev–Trinajstić information content (AvgIpc) is 3.16. The zero-order chi connectivity index (χ0) is 19.8. The molecule has 3 rings (SSSR count). The van der Waals surface area contributed by atoms with Crippen LogP contribution in [0.2, 0.25) is 0 Å². The summed E-state index contributed by atoms with van der Waals surface area (Å²) >= 11 is 1.36. The highest BCUT2D eigenvalue weighted by atomic mass is 32.2. The molecule has 0 aliphatic rings. The summed E-state index contributed by atoms with van der Waals surface area (Å²) in [5.74, 6) is -0.645. The minimum Gasteiger partial charge on any atom is -0.465 e. The van der Waals surface area contributed by atoms with Crippen molar-refractivity contribution >= 4 is 23.6 Å². The third kappa shape index (κ3) is 4.92. The molecular formula is C18H18N6O3S. The second-order valence-corrected chi connectivity index (χ2v) is 6.38. The Labute approximate surface area is 165 Å². The highest BCUT2D eigenvalue weighted by Crippen LogP contribution is 2.22. The molecule has 1 amide bonds. The maximum absolute atomic E-state index is 12.6. The molecule has 0 aliphatic heterocycles. The lowest BCUT2D eigenvalue weighted by Crippen LogP contribution is -2.31. The number of para-hydroxylation sites is 1. The van der Waals surface area contributed by atoms with E-state index in [1.165, 1.54) is 11.8 Å². The van der Waals surface area contributed by atoms with Gasteiger partial charge in [-0.1, -0.05) is 35.2 Å². The second-order valence-electron chi connectivity index (χ2n) is 5.44. The highest BCUT2D eigenvalue weighted by molar-refractivity contribution is 7.98. The van der Waals surface area contributed by atoms with E-state index in [-0.39, 0.29) is 18.8 Å². The molecule has 0 spiro atoms. The van der Waals surface area contributed by atoms with E-state index in [1.54, 1.807) is 30.1 Å². The second kappa shape index (κ2) is 9.60. The molecule has 28 heavy (non-hydrogen) atoms. The van der Waals surface area contributed by atoms with Gasteiger partial charge in [-0.2, -0.15) is 0 Å². The Kier molecular flexibility index (Phi) is 6.68. The maximum Gasteiger partial charge on any atom is 0.325 e. The van der Waals surface area contributed by atoms with Crippen molar-refractivity contribution in [3.8, 4) is 5.69 Å². The van der Waals surface area contributed by atoms with E-state index in [0.717, 1.165) is 5.69 Å². The quantitative estimate of drug-likeness (QED) is 0.346. The number of ether oxygens (including phenoxy) is 1. The predicted octanol–water partition coefficient (Wildman–Crippen LogP) is 1.64.